The van der Waals surface area contributed by atoms with Crippen molar-refractivity contribution in [2.45, 2.75) is 83.1 Å². The maximum atomic E-state index is 4.89. The Morgan fingerprint density at radius 1 is 0.426 bits per heavy atom. The Hall–Kier alpha value is -4.47. The van der Waals surface area contributed by atoms with E-state index < -0.39 is 0 Å². The molecule has 0 saturated carbocycles. The van der Waals surface area contributed by atoms with E-state index in [1.807, 2.05) is 46.3 Å². The van der Waals surface area contributed by atoms with Crippen molar-refractivity contribution in [2.24, 2.45) is 0 Å². The number of hydrogen-bond donors (Lipinski definition) is 0. The van der Waals surface area contributed by atoms with Crippen molar-refractivity contribution in [3.63, 3.8) is 0 Å². The van der Waals surface area contributed by atoms with Gasteiger partial charge >= 0.3 is 16.8 Å². The molecular weight excluding hydrogens is 627 g/mol. The van der Waals surface area contributed by atoms with Gasteiger partial charge in [-0.2, -0.15) is 10.2 Å². The zero-order valence-corrected chi connectivity index (χ0v) is 30.6. The van der Waals surface area contributed by atoms with Gasteiger partial charge in [-0.05, 0) is 163 Å². The second kappa shape index (κ2) is 14.1. The number of aryl methyl sites for hydroxylation is 6. The zero-order valence-electron chi connectivity index (χ0n) is 29.5. The molecule has 0 aliphatic rings. The maximum Gasteiger partial charge on any atom is 2.00 e. The van der Waals surface area contributed by atoms with Crippen LogP contribution in [0.4, 0.5) is 0 Å². The fourth-order valence-corrected chi connectivity index (χ4v) is 5.30. The second-order valence-corrected chi connectivity index (χ2v) is 12.4. The van der Waals surface area contributed by atoms with Gasteiger partial charge in [0.25, 0.3) is 0 Å². The molecule has 0 aromatic carbocycles. The summed E-state index contributed by atoms with van der Waals surface area (Å²) in [6, 6.07) is 8.24. The summed E-state index contributed by atoms with van der Waals surface area (Å²) in [6.45, 7) is 25.1. The van der Waals surface area contributed by atoms with Crippen LogP contribution in [0.15, 0.2) is 49.1 Å². The van der Waals surface area contributed by atoms with Crippen LogP contribution in [0.1, 0.15) is 67.0 Å². The van der Waals surface area contributed by atoms with Gasteiger partial charge in [-0.3, -0.25) is 9.97 Å². The molecule has 243 valence electrons. The van der Waals surface area contributed by atoms with Gasteiger partial charge in [-0.25, -0.2) is 19.3 Å². The predicted octanol–water partition coefficient (Wildman–Crippen LogP) is 8.36. The maximum absolute atomic E-state index is 4.89. The zero-order chi connectivity index (χ0) is 33.4. The molecule has 0 unspecified atom stereocenters. The van der Waals surface area contributed by atoms with Crippen molar-refractivity contribution in [1.29, 1.82) is 0 Å². The number of rotatable bonds is 4. The van der Waals surface area contributed by atoms with Crippen molar-refractivity contribution in [3.8, 4) is 34.4 Å². The Morgan fingerprint density at radius 3 is 1.09 bits per heavy atom. The molecule has 0 spiro atoms. The van der Waals surface area contributed by atoms with Crippen LogP contribution in [0.25, 0.3) is 34.4 Å². The van der Waals surface area contributed by atoms with Crippen LogP contribution in [0.3, 0.4) is 0 Å². The van der Waals surface area contributed by atoms with Crippen LogP contribution in [0, 0.1) is 83.1 Å². The van der Waals surface area contributed by atoms with Gasteiger partial charge in [-0.15, -0.1) is 0 Å². The molecule has 0 fully saturated rings. The molecule has 6 aromatic heterocycles. The summed E-state index contributed by atoms with van der Waals surface area (Å²) < 4.78 is 3.80. The Bertz CT molecular complexity index is 1940. The molecule has 6 heterocycles. The number of aromatic nitrogens is 8. The third-order valence-corrected chi connectivity index (χ3v) is 9.38. The smallest absolute Gasteiger partial charge is 0.254 e. The van der Waals surface area contributed by atoms with Crippen LogP contribution in [0.5, 0.6) is 0 Å². The minimum absolute atomic E-state index is 0. The summed E-state index contributed by atoms with van der Waals surface area (Å²) in [5.74, 6) is 1.69. The van der Waals surface area contributed by atoms with E-state index in [0.717, 1.165) is 68.1 Å². The Balaban J connectivity index is 0.000000208. The minimum Gasteiger partial charge on any atom is -0.254 e. The van der Waals surface area contributed by atoms with Crippen molar-refractivity contribution >= 4 is 0 Å². The SMILES string of the molecule is Cc1ccnc(-c2nc(-n3ncc(C)c3C)cc(C)c2C)c1C.Cc1ccnc(-c2nc(-n3ncc(C)c3C)cc(C)c2C)c1C.[Co+2]. The van der Waals surface area contributed by atoms with Crippen LogP contribution in [0.2, 0.25) is 0 Å². The summed E-state index contributed by atoms with van der Waals surface area (Å²) in [7, 11) is 0. The number of pyridine rings is 4. The number of nitrogens with zero attached hydrogens (tertiary/aromatic N) is 8. The molecular formula is C38H44CoN8+2. The molecule has 0 aliphatic carbocycles. The Labute approximate surface area is 289 Å². The van der Waals surface area contributed by atoms with Crippen molar-refractivity contribution < 1.29 is 16.8 Å². The summed E-state index contributed by atoms with van der Waals surface area (Å²) in [5, 5.41) is 8.93. The largest absolute Gasteiger partial charge is 2.00 e. The molecule has 0 atom stereocenters. The van der Waals surface area contributed by atoms with Gasteiger partial charge in [0.2, 0.25) is 0 Å². The fraction of sp³-hybridized carbons (Fsp3) is 0.316. The van der Waals surface area contributed by atoms with E-state index in [1.54, 1.807) is 0 Å². The van der Waals surface area contributed by atoms with Gasteiger partial charge < -0.3 is 0 Å². The van der Waals surface area contributed by atoms with Gasteiger partial charge in [0.1, 0.15) is 0 Å². The molecule has 47 heavy (non-hydrogen) atoms. The minimum atomic E-state index is 0. The van der Waals surface area contributed by atoms with Crippen LogP contribution < -0.4 is 0 Å². The van der Waals surface area contributed by atoms with E-state index in [1.165, 1.54) is 33.4 Å². The van der Waals surface area contributed by atoms with E-state index in [0.29, 0.717) is 0 Å². The first-order chi connectivity index (χ1) is 21.8. The van der Waals surface area contributed by atoms with Gasteiger partial charge in [-0.1, -0.05) is 0 Å². The summed E-state index contributed by atoms with van der Waals surface area (Å²) >= 11 is 0. The van der Waals surface area contributed by atoms with Crippen molar-refractivity contribution in [1.82, 2.24) is 39.5 Å². The van der Waals surface area contributed by atoms with Crippen molar-refractivity contribution in [3.05, 3.63) is 116 Å². The molecule has 9 heteroatoms. The predicted molar refractivity (Wildman–Crippen MR) is 186 cm³/mol. The third kappa shape index (κ3) is 6.82. The van der Waals surface area contributed by atoms with Crippen LogP contribution in [-0.4, -0.2) is 39.5 Å². The number of hydrogen-bond acceptors (Lipinski definition) is 6. The van der Waals surface area contributed by atoms with E-state index in [4.69, 9.17) is 9.97 Å². The van der Waals surface area contributed by atoms with Gasteiger partial charge in [0.15, 0.2) is 11.6 Å². The summed E-state index contributed by atoms with van der Waals surface area (Å²) in [4.78, 5) is 18.9. The molecule has 0 N–H and O–H groups in total. The molecule has 0 aliphatic heterocycles. The quantitative estimate of drug-likeness (QED) is 0.187. The molecule has 0 bridgehead atoms. The first-order valence-corrected chi connectivity index (χ1v) is 15.6. The summed E-state index contributed by atoms with van der Waals surface area (Å²) in [5.41, 5.74) is 17.9. The third-order valence-electron chi connectivity index (χ3n) is 9.38. The van der Waals surface area contributed by atoms with E-state index in [9.17, 15) is 0 Å². The first-order valence-electron chi connectivity index (χ1n) is 15.6. The van der Waals surface area contributed by atoms with Crippen LogP contribution in [-0.2, 0) is 16.8 Å². The molecule has 0 amide bonds. The monoisotopic (exact) mass is 671 g/mol. The first kappa shape index (κ1) is 35.4. The topological polar surface area (TPSA) is 87.2 Å². The normalized spacial score (nSPS) is 10.8. The molecule has 8 nitrogen and oxygen atoms in total. The fourth-order valence-electron chi connectivity index (χ4n) is 5.30. The second-order valence-electron chi connectivity index (χ2n) is 12.4. The molecule has 0 saturated heterocycles. The average Bonchev–Trinajstić information content (AvgIpc) is 3.54. The Kier molecular flexibility index (Phi) is 10.6. The Morgan fingerprint density at radius 2 is 0.766 bits per heavy atom. The van der Waals surface area contributed by atoms with Crippen LogP contribution >= 0.6 is 0 Å². The summed E-state index contributed by atoms with van der Waals surface area (Å²) in [6.07, 6.45) is 7.46. The standard InChI is InChI=1S/2C19H22N4.Co/c2*1-11-7-8-20-18(14(11)4)19-15(5)12(2)9-17(22-19)23-16(6)13(3)10-21-23;/h2*7-10H,1-6H3;/q;;+2. The van der Waals surface area contributed by atoms with E-state index >= 15 is 0 Å². The van der Waals surface area contributed by atoms with Gasteiger partial charge in [0, 0.05) is 23.8 Å². The van der Waals surface area contributed by atoms with Gasteiger partial charge in [0.05, 0.1) is 35.2 Å². The van der Waals surface area contributed by atoms with E-state index in [-0.39, 0.29) is 16.8 Å². The average molecular weight is 672 g/mol. The van der Waals surface area contributed by atoms with E-state index in [2.05, 4.69) is 115 Å². The van der Waals surface area contributed by atoms with Crippen molar-refractivity contribution in [2.75, 3.05) is 0 Å². The molecule has 6 aromatic rings. The molecule has 1 radical (unpaired) electrons. The molecule has 6 rings (SSSR count).